The van der Waals surface area contributed by atoms with Crippen molar-refractivity contribution < 1.29 is 9.53 Å². The number of halogens is 1. The number of hydrogen-bond donors (Lipinski definition) is 3. The number of nitrogens with two attached hydrogens (primary N) is 1. The predicted octanol–water partition coefficient (Wildman–Crippen LogP) is 1.32. The summed E-state index contributed by atoms with van der Waals surface area (Å²) in [5.74, 6) is 5.38. The molecule has 19 heavy (non-hydrogen) atoms. The lowest BCUT2D eigenvalue weighted by Gasteiger charge is -2.23. The quantitative estimate of drug-likeness (QED) is 0.441. The molecule has 2 heterocycles. The summed E-state index contributed by atoms with van der Waals surface area (Å²) in [6.07, 6.45) is 1.97. The monoisotopic (exact) mass is 284 g/mol. The fraction of sp³-hybridized carbons (Fsp3) is 0.500. The summed E-state index contributed by atoms with van der Waals surface area (Å²) >= 11 is 5.82. The number of pyridine rings is 1. The molecule has 1 aromatic rings. The molecule has 4 N–H and O–H groups in total. The van der Waals surface area contributed by atoms with Crippen LogP contribution in [-0.4, -0.2) is 29.6 Å². The van der Waals surface area contributed by atoms with E-state index in [4.69, 9.17) is 22.2 Å². The van der Waals surface area contributed by atoms with Crippen molar-refractivity contribution in [2.75, 3.05) is 18.6 Å². The smallest absolute Gasteiger partial charge is 0.251 e. The third kappa shape index (κ3) is 3.56. The molecule has 0 aliphatic carbocycles. The molecule has 1 aromatic heterocycles. The number of nitrogens with zero attached hydrogens (tertiary/aromatic N) is 1. The van der Waals surface area contributed by atoms with Crippen LogP contribution in [0.4, 0.5) is 5.82 Å². The minimum absolute atomic E-state index is 0.212. The van der Waals surface area contributed by atoms with Gasteiger partial charge in [0, 0.05) is 18.7 Å². The average Bonchev–Trinajstić information content (AvgIpc) is 2.82. The van der Waals surface area contributed by atoms with Crippen LogP contribution in [0.25, 0.3) is 0 Å². The Morgan fingerprint density at radius 2 is 2.42 bits per heavy atom. The number of aromatic nitrogens is 1. The summed E-state index contributed by atoms with van der Waals surface area (Å²) in [7, 11) is 0. The maximum absolute atomic E-state index is 12.0. The molecule has 2 rings (SSSR count). The zero-order valence-corrected chi connectivity index (χ0v) is 11.5. The highest BCUT2D eigenvalue weighted by atomic mass is 35.5. The standard InChI is InChI=1S/C12H17ClN4O2/c1-12(3-2-4-19-12)7-15-11(18)8-5-9(13)16-10(6-8)17-14/h5-6H,2-4,7,14H2,1H3,(H,15,18)(H,16,17). The number of ether oxygens (including phenoxy) is 1. The number of hydrogen-bond acceptors (Lipinski definition) is 5. The Labute approximate surface area is 116 Å². The largest absolute Gasteiger partial charge is 0.373 e. The molecular formula is C12H17ClN4O2. The van der Waals surface area contributed by atoms with Gasteiger partial charge in [-0.2, -0.15) is 0 Å². The molecule has 6 nitrogen and oxygen atoms in total. The van der Waals surface area contributed by atoms with Crippen LogP contribution in [0.5, 0.6) is 0 Å². The summed E-state index contributed by atoms with van der Waals surface area (Å²) in [6.45, 7) is 3.21. The lowest BCUT2D eigenvalue weighted by atomic mass is 10.0. The molecule has 1 amide bonds. The molecule has 1 unspecified atom stereocenters. The van der Waals surface area contributed by atoms with Crippen LogP contribution >= 0.6 is 11.6 Å². The first-order chi connectivity index (χ1) is 9.02. The molecule has 0 spiro atoms. The van der Waals surface area contributed by atoms with Gasteiger partial charge in [0.05, 0.1) is 5.60 Å². The van der Waals surface area contributed by atoms with E-state index in [2.05, 4.69) is 15.7 Å². The summed E-state index contributed by atoms with van der Waals surface area (Å²) in [5, 5.41) is 3.05. The van der Waals surface area contributed by atoms with Gasteiger partial charge in [0.25, 0.3) is 5.91 Å². The normalized spacial score (nSPS) is 22.3. The molecule has 1 aliphatic heterocycles. The highest BCUT2D eigenvalue weighted by molar-refractivity contribution is 6.29. The highest BCUT2D eigenvalue weighted by Gasteiger charge is 2.30. The van der Waals surface area contributed by atoms with E-state index in [1.165, 1.54) is 6.07 Å². The molecule has 1 fully saturated rings. The Bertz CT molecular complexity index is 475. The second kappa shape index (κ2) is 5.73. The van der Waals surface area contributed by atoms with Gasteiger partial charge >= 0.3 is 0 Å². The first kappa shape index (κ1) is 14.0. The number of amides is 1. The summed E-state index contributed by atoms with van der Waals surface area (Å²) < 4.78 is 5.61. The molecule has 0 radical (unpaired) electrons. The SMILES string of the molecule is CC1(CNC(=O)c2cc(Cl)nc(NN)c2)CCCO1. The maximum atomic E-state index is 12.0. The zero-order chi connectivity index (χ0) is 13.9. The van der Waals surface area contributed by atoms with Gasteiger partial charge in [-0.3, -0.25) is 4.79 Å². The number of rotatable bonds is 4. The number of anilines is 1. The molecule has 1 saturated heterocycles. The van der Waals surface area contributed by atoms with Crippen LogP contribution in [0.3, 0.4) is 0 Å². The van der Waals surface area contributed by atoms with E-state index in [1.54, 1.807) is 6.07 Å². The van der Waals surface area contributed by atoms with Crippen molar-refractivity contribution in [1.29, 1.82) is 0 Å². The van der Waals surface area contributed by atoms with E-state index in [1.807, 2.05) is 6.92 Å². The van der Waals surface area contributed by atoms with Crippen molar-refractivity contribution in [2.24, 2.45) is 5.84 Å². The molecule has 1 atom stereocenters. The van der Waals surface area contributed by atoms with Gasteiger partial charge in [0.2, 0.25) is 0 Å². The minimum Gasteiger partial charge on any atom is -0.373 e. The third-order valence-corrected chi connectivity index (χ3v) is 3.32. The Morgan fingerprint density at radius 1 is 1.63 bits per heavy atom. The first-order valence-corrected chi connectivity index (χ1v) is 6.47. The molecule has 104 valence electrons. The molecule has 7 heteroatoms. The van der Waals surface area contributed by atoms with E-state index in [-0.39, 0.29) is 16.7 Å². The predicted molar refractivity (Wildman–Crippen MR) is 73.0 cm³/mol. The van der Waals surface area contributed by atoms with E-state index in [0.717, 1.165) is 19.4 Å². The number of carbonyl (C=O) groups excluding carboxylic acids is 1. The van der Waals surface area contributed by atoms with E-state index >= 15 is 0 Å². The van der Waals surface area contributed by atoms with Crippen LogP contribution in [-0.2, 0) is 4.74 Å². The second-order valence-electron chi connectivity index (χ2n) is 4.79. The van der Waals surface area contributed by atoms with Gasteiger partial charge in [-0.25, -0.2) is 10.8 Å². The van der Waals surface area contributed by atoms with Crippen molar-refractivity contribution in [2.45, 2.75) is 25.4 Å². The fourth-order valence-electron chi connectivity index (χ4n) is 2.05. The van der Waals surface area contributed by atoms with Gasteiger partial charge in [-0.15, -0.1) is 0 Å². The minimum atomic E-state index is -0.276. The Hall–Kier alpha value is -1.37. The zero-order valence-electron chi connectivity index (χ0n) is 10.7. The van der Waals surface area contributed by atoms with E-state index in [0.29, 0.717) is 17.9 Å². The fourth-order valence-corrected chi connectivity index (χ4v) is 2.26. The first-order valence-electron chi connectivity index (χ1n) is 6.09. The van der Waals surface area contributed by atoms with Gasteiger partial charge in [0.15, 0.2) is 0 Å². The number of carbonyl (C=O) groups is 1. The molecular weight excluding hydrogens is 268 g/mol. The topological polar surface area (TPSA) is 89.3 Å². The van der Waals surface area contributed by atoms with E-state index in [9.17, 15) is 4.79 Å². The van der Waals surface area contributed by atoms with Crippen molar-refractivity contribution in [1.82, 2.24) is 10.3 Å². The molecule has 1 aliphatic rings. The number of nitrogens with one attached hydrogen (secondary N) is 2. The summed E-state index contributed by atoms with van der Waals surface area (Å²) in [6, 6.07) is 3.04. The van der Waals surface area contributed by atoms with Crippen molar-refractivity contribution >= 4 is 23.3 Å². The second-order valence-corrected chi connectivity index (χ2v) is 5.18. The summed E-state index contributed by atoms with van der Waals surface area (Å²) in [4.78, 5) is 16.0. The third-order valence-electron chi connectivity index (χ3n) is 3.13. The number of nitrogen functional groups attached to an aromatic ring is 1. The average molecular weight is 285 g/mol. The number of hydrazine groups is 1. The van der Waals surface area contributed by atoms with Crippen LogP contribution in [0, 0.1) is 0 Å². The lowest BCUT2D eigenvalue weighted by molar-refractivity contribution is 0.0206. The van der Waals surface area contributed by atoms with Crippen molar-refractivity contribution in [3.8, 4) is 0 Å². The molecule has 0 bridgehead atoms. The van der Waals surface area contributed by atoms with Crippen LogP contribution in [0.15, 0.2) is 12.1 Å². The van der Waals surface area contributed by atoms with Crippen molar-refractivity contribution in [3.05, 3.63) is 22.8 Å². The molecule has 0 saturated carbocycles. The maximum Gasteiger partial charge on any atom is 0.251 e. The highest BCUT2D eigenvalue weighted by Crippen LogP contribution is 2.24. The Balaban J connectivity index is 2.01. The van der Waals surface area contributed by atoms with Gasteiger partial charge in [-0.05, 0) is 31.9 Å². The van der Waals surface area contributed by atoms with Crippen LogP contribution in [0.1, 0.15) is 30.1 Å². The van der Waals surface area contributed by atoms with Gasteiger partial charge in [-0.1, -0.05) is 11.6 Å². The Morgan fingerprint density at radius 3 is 3.05 bits per heavy atom. The van der Waals surface area contributed by atoms with Crippen molar-refractivity contribution in [3.63, 3.8) is 0 Å². The Kier molecular flexibility index (Phi) is 4.24. The van der Waals surface area contributed by atoms with Gasteiger partial charge in [0.1, 0.15) is 11.0 Å². The molecule has 0 aromatic carbocycles. The van der Waals surface area contributed by atoms with E-state index < -0.39 is 0 Å². The van der Waals surface area contributed by atoms with Crippen LogP contribution in [0.2, 0.25) is 5.15 Å². The summed E-state index contributed by atoms with van der Waals surface area (Å²) in [5.41, 5.74) is 2.50. The lowest BCUT2D eigenvalue weighted by Crippen LogP contribution is -2.40. The van der Waals surface area contributed by atoms with Gasteiger partial charge < -0.3 is 15.5 Å². The van der Waals surface area contributed by atoms with Crippen LogP contribution < -0.4 is 16.6 Å².